The Morgan fingerprint density at radius 3 is 2.59 bits per heavy atom. The lowest BCUT2D eigenvalue weighted by Gasteiger charge is -2.17. The van der Waals surface area contributed by atoms with E-state index >= 15 is 0 Å². The zero-order valence-electron chi connectivity index (χ0n) is 26.4. The molecule has 1 aliphatic carbocycles. The van der Waals surface area contributed by atoms with Gasteiger partial charge in [-0.25, -0.2) is 4.39 Å². The van der Waals surface area contributed by atoms with Gasteiger partial charge in [0.25, 0.3) is 11.5 Å². The predicted molar refractivity (Wildman–Crippen MR) is 174 cm³/mol. The summed E-state index contributed by atoms with van der Waals surface area (Å²) in [6.45, 7) is 5.82. The van der Waals surface area contributed by atoms with Crippen LogP contribution in [-0.4, -0.2) is 57.7 Å². The highest BCUT2D eigenvalue weighted by atomic mass is 19.1. The van der Waals surface area contributed by atoms with Crippen LogP contribution in [0.1, 0.15) is 34.6 Å². The molecular weight excluding hydrogens is 591 g/mol. The average molecular weight is 629 g/mol. The van der Waals surface area contributed by atoms with Gasteiger partial charge in [-0.2, -0.15) is 0 Å². The lowest BCUT2D eigenvalue weighted by molar-refractivity contribution is -0.117. The largest absolute Gasteiger partial charge is 0.494 e. The minimum atomic E-state index is -0.454. The van der Waals surface area contributed by atoms with Crippen LogP contribution in [0.5, 0.6) is 5.75 Å². The van der Waals surface area contributed by atoms with E-state index in [1.165, 1.54) is 26.3 Å². The fourth-order valence-electron chi connectivity index (χ4n) is 4.40. The van der Waals surface area contributed by atoms with Crippen LogP contribution >= 0.6 is 0 Å². The third-order valence-electron chi connectivity index (χ3n) is 7.19. The second-order valence-electron chi connectivity index (χ2n) is 10.7. The maximum absolute atomic E-state index is 14.1. The van der Waals surface area contributed by atoms with E-state index in [1.54, 1.807) is 55.3 Å². The van der Waals surface area contributed by atoms with Gasteiger partial charge in [0.15, 0.2) is 11.5 Å². The summed E-state index contributed by atoms with van der Waals surface area (Å²) in [6.07, 6.45) is 6.71. The number of nitrogens with zero attached hydrogens (tertiary/aromatic N) is 5. The Balaban J connectivity index is 0.000000310. The van der Waals surface area contributed by atoms with Gasteiger partial charge in [-0.3, -0.25) is 19.4 Å². The van der Waals surface area contributed by atoms with Gasteiger partial charge in [0, 0.05) is 68.8 Å². The van der Waals surface area contributed by atoms with Crippen LogP contribution in [0.3, 0.4) is 0 Å². The molecule has 2 amide bonds. The number of hydrogen-bond acceptors (Lipinski definition) is 9. The van der Waals surface area contributed by atoms with Gasteiger partial charge in [0.05, 0.1) is 24.2 Å². The highest BCUT2D eigenvalue weighted by Gasteiger charge is 2.30. The molecule has 5 rings (SSSR count). The molecular formula is C33H37FN8O4. The number of amides is 2. The number of para-hydroxylation sites is 1. The molecule has 3 aromatic heterocycles. The Morgan fingerprint density at radius 1 is 1.17 bits per heavy atom. The lowest BCUT2D eigenvalue weighted by Crippen LogP contribution is -2.23. The molecule has 0 atom stereocenters. The number of aromatic nitrogens is 4. The monoisotopic (exact) mass is 628 g/mol. The van der Waals surface area contributed by atoms with Crippen molar-refractivity contribution >= 4 is 29.0 Å². The summed E-state index contributed by atoms with van der Waals surface area (Å²) in [5, 5.41) is 16.4. The molecule has 240 valence electrons. The first-order valence-electron chi connectivity index (χ1n) is 14.5. The van der Waals surface area contributed by atoms with Crippen LogP contribution < -0.4 is 26.2 Å². The van der Waals surface area contributed by atoms with Crippen LogP contribution in [0.15, 0.2) is 72.4 Å². The Bertz CT molecular complexity index is 1810. The van der Waals surface area contributed by atoms with E-state index in [-0.39, 0.29) is 28.9 Å². The van der Waals surface area contributed by atoms with Crippen LogP contribution in [0.25, 0.3) is 11.1 Å². The summed E-state index contributed by atoms with van der Waals surface area (Å²) in [4.78, 5) is 42.0. The smallest absolute Gasteiger partial charge is 0.273 e. The fourth-order valence-corrected chi connectivity index (χ4v) is 4.40. The second-order valence-corrected chi connectivity index (χ2v) is 10.7. The molecule has 0 aliphatic heterocycles. The molecule has 0 unspecified atom stereocenters. The molecule has 1 aliphatic rings. The molecule has 1 saturated carbocycles. The number of halogens is 1. The number of hydrogen-bond donors (Lipinski definition) is 3. The summed E-state index contributed by atoms with van der Waals surface area (Å²) >= 11 is 0. The van der Waals surface area contributed by atoms with Crippen molar-refractivity contribution < 1.29 is 18.7 Å². The molecule has 0 spiro atoms. The summed E-state index contributed by atoms with van der Waals surface area (Å²) in [7, 11) is 6.61. The molecule has 13 heteroatoms. The topological polar surface area (TPSA) is 143 Å². The van der Waals surface area contributed by atoms with Crippen molar-refractivity contribution in [2.75, 3.05) is 31.8 Å². The molecule has 1 aromatic carbocycles. The van der Waals surface area contributed by atoms with Crippen LogP contribution in [-0.2, 0) is 18.4 Å². The third-order valence-corrected chi connectivity index (χ3v) is 7.19. The van der Waals surface area contributed by atoms with E-state index in [0.717, 1.165) is 18.4 Å². The number of benzene rings is 1. The first-order chi connectivity index (χ1) is 22.1. The summed E-state index contributed by atoms with van der Waals surface area (Å²) in [6, 6.07) is 11.9. The summed E-state index contributed by atoms with van der Waals surface area (Å²) < 4.78 is 21.3. The van der Waals surface area contributed by atoms with Gasteiger partial charge in [-0.1, -0.05) is 24.8 Å². The maximum Gasteiger partial charge on any atom is 0.273 e. The van der Waals surface area contributed by atoms with Gasteiger partial charge >= 0.3 is 0 Å². The highest BCUT2D eigenvalue weighted by Crippen LogP contribution is 2.38. The molecule has 1 fully saturated rings. The van der Waals surface area contributed by atoms with E-state index in [1.807, 2.05) is 24.1 Å². The Morgan fingerprint density at radius 2 is 1.93 bits per heavy atom. The highest BCUT2D eigenvalue weighted by molar-refractivity contribution is 6.00. The molecule has 0 bridgehead atoms. The molecule has 3 N–H and O–H groups in total. The second kappa shape index (κ2) is 14.9. The third kappa shape index (κ3) is 8.11. The van der Waals surface area contributed by atoms with E-state index in [0.29, 0.717) is 40.5 Å². The Hall–Kier alpha value is -5.59. The number of aryl methyl sites for hydroxylation is 2. The maximum atomic E-state index is 14.1. The number of anilines is 3. The van der Waals surface area contributed by atoms with Gasteiger partial charge in [-0.05, 0) is 44.2 Å². The van der Waals surface area contributed by atoms with Gasteiger partial charge in [0.2, 0.25) is 5.91 Å². The van der Waals surface area contributed by atoms with E-state index in [2.05, 4.69) is 37.7 Å². The SMILES string of the molecule is C=CN(C)Cc1cccn(C)c1=O.CNC(=O)c1nnc(NC(=O)C2CC2)cc1Nc1cccc(-c2cnc(C)c(F)c2)c1OC. The standard InChI is InChI=1S/C23H23FN6O3.C10H14N2O/c1-12-16(24)9-14(11-26-12)15-5-4-6-17(21(15)33-3)27-18-10-19(28-22(31)13-7-8-13)29-30-20(18)23(32)25-2;1-4-11(2)8-9-6-5-7-12(3)10(9)13/h4-6,9-11,13H,7-8H2,1-3H3,(H,25,32)(H2,27,28,29,31);4-7H,1,8H2,2-3H3. The number of pyridine rings is 2. The molecule has 4 aromatic rings. The molecule has 12 nitrogen and oxygen atoms in total. The van der Waals surface area contributed by atoms with Crippen molar-refractivity contribution in [2.45, 2.75) is 26.3 Å². The van der Waals surface area contributed by atoms with Gasteiger partial charge < -0.3 is 30.2 Å². The zero-order valence-corrected chi connectivity index (χ0v) is 26.4. The normalized spacial score (nSPS) is 11.9. The Labute approximate surface area is 266 Å². The summed E-state index contributed by atoms with van der Waals surface area (Å²) in [5.74, 6) is -0.375. The number of carbonyl (C=O) groups excluding carboxylic acids is 2. The van der Waals surface area contributed by atoms with Crippen molar-refractivity contribution in [3.63, 3.8) is 0 Å². The van der Waals surface area contributed by atoms with E-state index in [4.69, 9.17) is 4.74 Å². The zero-order chi connectivity index (χ0) is 33.4. The lowest BCUT2D eigenvalue weighted by atomic mass is 10.0. The summed E-state index contributed by atoms with van der Waals surface area (Å²) in [5.41, 5.74) is 3.15. The Kier molecular flexibility index (Phi) is 10.8. The molecule has 0 saturated heterocycles. The number of rotatable bonds is 10. The van der Waals surface area contributed by atoms with Crippen molar-refractivity contribution in [1.82, 2.24) is 30.0 Å². The van der Waals surface area contributed by atoms with Gasteiger partial charge in [0.1, 0.15) is 11.6 Å². The number of methoxy groups -OCH3 is 1. The van der Waals surface area contributed by atoms with Crippen LogP contribution in [0, 0.1) is 18.7 Å². The quantitative estimate of drug-likeness (QED) is 0.233. The number of carbonyl (C=O) groups is 2. The molecule has 3 heterocycles. The predicted octanol–water partition coefficient (Wildman–Crippen LogP) is 4.41. The van der Waals surface area contributed by atoms with Crippen molar-refractivity contribution in [3.05, 3.63) is 101 Å². The molecule has 46 heavy (non-hydrogen) atoms. The van der Waals surface area contributed by atoms with E-state index in [9.17, 15) is 18.8 Å². The van der Waals surface area contributed by atoms with Crippen molar-refractivity contribution in [3.8, 4) is 16.9 Å². The van der Waals surface area contributed by atoms with Crippen LogP contribution in [0.2, 0.25) is 0 Å². The fraction of sp³-hybridized carbons (Fsp3) is 0.273. The number of ether oxygens (including phenoxy) is 1. The van der Waals surface area contributed by atoms with Crippen molar-refractivity contribution in [2.24, 2.45) is 13.0 Å². The first-order valence-corrected chi connectivity index (χ1v) is 14.5. The first kappa shape index (κ1) is 33.3. The minimum Gasteiger partial charge on any atom is -0.494 e. The van der Waals surface area contributed by atoms with Gasteiger partial charge in [-0.15, -0.1) is 10.2 Å². The van der Waals surface area contributed by atoms with Crippen molar-refractivity contribution in [1.29, 1.82) is 0 Å². The van der Waals surface area contributed by atoms with E-state index < -0.39 is 11.7 Å². The van der Waals surface area contributed by atoms with Crippen LogP contribution in [0.4, 0.5) is 21.6 Å². The minimum absolute atomic E-state index is 0.0119. The molecule has 0 radical (unpaired) electrons. The average Bonchev–Trinajstić information content (AvgIpc) is 3.91. The number of nitrogens with one attached hydrogen (secondary N) is 3.